The molecular weight excluding hydrogens is 430 g/mol. The summed E-state index contributed by atoms with van der Waals surface area (Å²) in [5.41, 5.74) is 0.644. The number of nitrogens with one attached hydrogen (secondary N) is 1. The summed E-state index contributed by atoms with van der Waals surface area (Å²) >= 11 is 1.71. The van der Waals surface area contributed by atoms with Gasteiger partial charge in [0.05, 0.1) is 12.0 Å². The lowest BCUT2D eigenvalue weighted by Crippen LogP contribution is -2.46. The first-order chi connectivity index (χ1) is 15.0. The first-order valence-electron chi connectivity index (χ1n) is 11.1. The van der Waals surface area contributed by atoms with Crippen LogP contribution < -0.4 is 5.32 Å². The van der Waals surface area contributed by atoms with Gasteiger partial charge in [0.1, 0.15) is 4.90 Å². The number of amidine groups is 1. The molecule has 1 aromatic carbocycles. The van der Waals surface area contributed by atoms with Crippen LogP contribution in [0.25, 0.3) is 0 Å². The molecule has 0 radical (unpaired) electrons. The van der Waals surface area contributed by atoms with E-state index in [0.717, 1.165) is 25.7 Å². The Balaban J connectivity index is 1.33. The van der Waals surface area contributed by atoms with E-state index in [1.165, 1.54) is 17.7 Å². The minimum atomic E-state index is -3.65. The van der Waals surface area contributed by atoms with Crippen LogP contribution in [0.3, 0.4) is 0 Å². The zero-order valence-corrected chi connectivity index (χ0v) is 19.0. The molecule has 1 aliphatic carbocycles. The molecule has 2 aliphatic heterocycles. The third-order valence-corrected chi connectivity index (χ3v) is 9.00. The normalized spacial score (nSPS) is 23.9. The van der Waals surface area contributed by atoms with E-state index >= 15 is 0 Å². The van der Waals surface area contributed by atoms with Crippen LogP contribution >= 0.6 is 11.3 Å². The van der Waals surface area contributed by atoms with E-state index < -0.39 is 10.0 Å². The third-order valence-electron chi connectivity index (χ3n) is 6.72. The van der Waals surface area contributed by atoms with Gasteiger partial charge in [0.15, 0.2) is 5.84 Å². The standard InChI is InChI=1S/C23H27N3O3S2/c27-23(24-21(16-7-1-2-8-16)19-11-6-14-30-19)17-9-5-13-26(15-17)22-18-10-3-4-12-20(18)31(28,29)25-22/h3-4,6,10-12,14,16-17,21H,1-2,5,7-9,13,15H2,(H,24,27). The number of hydrogen-bond acceptors (Lipinski definition) is 5. The molecule has 2 unspecified atom stereocenters. The predicted molar refractivity (Wildman–Crippen MR) is 122 cm³/mol. The zero-order chi connectivity index (χ0) is 21.4. The molecule has 1 saturated carbocycles. The van der Waals surface area contributed by atoms with Crippen molar-refractivity contribution in [2.45, 2.75) is 49.5 Å². The molecule has 1 N–H and O–H groups in total. The maximum Gasteiger partial charge on any atom is 0.285 e. The fourth-order valence-corrected chi connectivity index (χ4v) is 7.25. The first kappa shape index (κ1) is 20.7. The van der Waals surface area contributed by atoms with E-state index in [4.69, 9.17) is 0 Å². The average molecular weight is 458 g/mol. The van der Waals surface area contributed by atoms with Gasteiger partial charge in [-0.15, -0.1) is 15.7 Å². The maximum atomic E-state index is 13.3. The summed E-state index contributed by atoms with van der Waals surface area (Å²) in [6, 6.07) is 11.2. The molecule has 0 bridgehead atoms. The number of amides is 1. The summed E-state index contributed by atoms with van der Waals surface area (Å²) in [5.74, 6) is 0.887. The summed E-state index contributed by atoms with van der Waals surface area (Å²) in [6.07, 6.45) is 6.43. The highest BCUT2D eigenvalue weighted by molar-refractivity contribution is 7.90. The van der Waals surface area contributed by atoms with E-state index in [9.17, 15) is 13.2 Å². The molecule has 2 atom stereocenters. The number of carbonyl (C=O) groups is 1. The van der Waals surface area contributed by atoms with Gasteiger partial charge in [-0.25, -0.2) is 0 Å². The van der Waals surface area contributed by atoms with Crippen LogP contribution in [-0.4, -0.2) is 38.2 Å². The van der Waals surface area contributed by atoms with E-state index in [1.54, 1.807) is 29.5 Å². The number of fused-ring (bicyclic) bond motifs is 1. The number of thiophene rings is 1. The van der Waals surface area contributed by atoms with Crippen molar-refractivity contribution in [1.29, 1.82) is 0 Å². The van der Waals surface area contributed by atoms with Gasteiger partial charge < -0.3 is 10.2 Å². The van der Waals surface area contributed by atoms with E-state index in [0.29, 0.717) is 30.4 Å². The lowest BCUT2D eigenvalue weighted by Gasteiger charge is -2.34. The molecule has 31 heavy (non-hydrogen) atoms. The minimum absolute atomic E-state index is 0.0738. The second kappa shape index (κ2) is 8.39. The van der Waals surface area contributed by atoms with Gasteiger partial charge in [-0.2, -0.15) is 8.42 Å². The Hall–Kier alpha value is -2.19. The fraction of sp³-hybridized carbons (Fsp3) is 0.478. The predicted octanol–water partition coefficient (Wildman–Crippen LogP) is 3.96. The summed E-state index contributed by atoms with van der Waals surface area (Å²) in [7, 11) is -3.65. The largest absolute Gasteiger partial charge is 0.355 e. The molecule has 3 heterocycles. The quantitative estimate of drug-likeness (QED) is 0.754. The lowest BCUT2D eigenvalue weighted by atomic mass is 9.93. The van der Waals surface area contributed by atoms with E-state index in [-0.39, 0.29) is 22.8 Å². The second-order valence-electron chi connectivity index (χ2n) is 8.72. The molecule has 0 spiro atoms. The molecule has 1 saturated heterocycles. The van der Waals surface area contributed by atoms with Crippen molar-refractivity contribution in [2.24, 2.45) is 16.2 Å². The van der Waals surface area contributed by atoms with E-state index in [2.05, 4.69) is 21.2 Å². The van der Waals surface area contributed by atoms with Crippen LogP contribution in [-0.2, 0) is 14.8 Å². The zero-order valence-electron chi connectivity index (χ0n) is 17.4. The highest BCUT2D eigenvalue weighted by Crippen LogP contribution is 2.38. The molecule has 6 nitrogen and oxygen atoms in total. The van der Waals surface area contributed by atoms with Crippen molar-refractivity contribution >= 4 is 33.1 Å². The molecule has 2 aromatic rings. The molecule has 8 heteroatoms. The van der Waals surface area contributed by atoms with Gasteiger partial charge >= 0.3 is 0 Å². The third kappa shape index (κ3) is 4.03. The Kier molecular flexibility index (Phi) is 5.60. The molecule has 1 amide bonds. The van der Waals surface area contributed by atoms with Crippen LogP contribution in [0.15, 0.2) is 51.1 Å². The van der Waals surface area contributed by atoms with Gasteiger partial charge in [0.25, 0.3) is 10.0 Å². The van der Waals surface area contributed by atoms with Crippen molar-refractivity contribution in [3.63, 3.8) is 0 Å². The van der Waals surface area contributed by atoms with Gasteiger partial charge in [-0.1, -0.05) is 31.0 Å². The summed E-state index contributed by atoms with van der Waals surface area (Å²) in [4.78, 5) is 16.8. The topological polar surface area (TPSA) is 78.8 Å². The number of nitrogens with zero attached hydrogens (tertiary/aromatic N) is 2. The molecule has 2 fully saturated rings. The number of likely N-dealkylation sites (tertiary alicyclic amines) is 1. The van der Waals surface area contributed by atoms with Crippen molar-refractivity contribution in [3.05, 3.63) is 52.2 Å². The van der Waals surface area contributed by atoms with Gasteiger partial charge in [0, 0.05) is 23.5 Å². The van der Waals surface area contributed by atoms with Gasteiger partial charge in [0.2, 0.25) is 5.91 Å². The highest BCUT2D eigenvalue weighted by Gasteiger charge is 2.36. The Morgan fingerprint density at radius 2 is 1.90 bits per heavy atom. The van der Waals surface area contributed by atoms with Crippen molar-refractivity contribution in [1.82, 2.24) is 10.2 Å². The minimum Gasteiger partial charge on any atom is -0.355 e. The molecule has 164 valence electrons. The first-order valence-corrected chi connectivity index (χ1v) is 13.4. The van der Waals surface area contributed by atoms with Crippen LogP contribution in [0, 0.1) is 11.8 Å². The second-order valence-corrected chi connectivity index (χ2v) is 11.3. The summed E-state index contributed by atoms with van der Waals surface area (Å²) in [5, 5.41) is 5.44. The van der Waals surface area contributed by atoms with Gasteiger partial charge in [-0.05, 0) is 55.2 Å². The Morgan fingerprint density at radius 1 is 1.10 bits per heavy atom. The maximum absolute atomic E-state index is 13.3. The van der Waals surface area contributed by atoms with Crippen molar-refractivity contribution in [3.8, 4) is 0 Å². The number of rotatable bonds is 4. The number of piperidine rings is 1. The van der Waals surface area contributed by atoms with Crippen LogP contribution in [0.5, 0.6) is 0 Å². The van der Waals surface area contributed by atoms with Crippen molar-refractivity contribution in [2.75, 3.05) is 13.1 Å². The monoisotopic (exact) mass is 457 g/mol. The Labute approximate surface area is 187 Å². The van der Waals surface area contributed by atoms with E-state index in [1.807, 2.05) is 17.0 Å². The molecule has 1 aromatic heterocycles. The fourth-order valence-electron chi connectivity index (χ4n) is 5.15. The number of carbonyl (C=O) groups excluding carboxylic acids is 1. The number of hydrogen-bond donors (Lipinski definition) is 1. The Bertz CT molecular complexity index is 1090. The average Bonchev–Trinajstić information content (AvgIpc) is 3.54. The molecule has 5 rings (SSSR count). The summed E-state index contributed by atoms with van der Waals surface area (Å²) < 4.78 is 29.0. The van der Waals surface area contributed by atoms with Crippen molar-refractivity contribution < 1.29 is 13.2 Å². The molecule has 3 aliphatic rings. The Morgan fingerprint density at radius 3 is 2.68 bits per heavy atom. The molecular formula is C23H27N3O3S2. The smallest absolute Gasteiger partial charge is 0.285 e. The van der Waals surface area contributed by atoms with Crippen LogP contribution in [0.2, 0.25) is 0 Å². The summed E-state index contributed by atoms with van der Waals surface area (Å²) in [6.45, 7) is 1.21. The number of benzene rings is 1. The van der Waals surface area contributed by atoms with Gasteiger partial charge in [-0.3, -0.25) is 4.79 Å². The van der Waals surface area contributed by atoms with Crippen LogP contribution in [0.4, 0.5) is 0 Å². The number of sulfonamides is 1. The lowest BCUT2D eigenvalue weighted by molar-refractivity contribution is -0.127. The SMILES string of the molecule is O=C(NC(c1cccs1)C1CCCC1)C1CCCN(C2=NS(=O)(=O)c3ccccc32)C1. The van der Waals surface area contributed by atoms with Crippen LogP contribution in [0.1, 0.15) is 55.0 Å². The highest BCUT2D eigenvalue weighted by atomic mass is 32.2.